The van der Waals surface area contributed by atoms with Gasteiger partial charge in [0.2, 0.25) is 5.91 Å². The van der Waals surface area contributed by atoms with Crippen molar-refractivity contribution in [3.63, 3.8) is 0 Å². The van der Waals surface area contributed by atoms with Gasteiger partial charge in [0.05, 0.1) is 0 Å². The van der Waals surface area contributed by atoms with Crippen LogP contribution in [0.2, 0.25) is 0 Å². The molecular formula is C12H19NO. The van der Waals surface area contributed by atoms with Crippen molar-refractivity contribution < 1.29 is 4.79 Å². The molecule has 1 fully saturated rings. The summed E-state index contributed by atoms with van der Waals surface area (Å²) in [5, 5.41) is 3.04. The maximum Gasteiger partial charge on any atom is 0.223 e. The van der Waals surface area contributed by atoms with Crippen molar-refractivity contribution in [3.8, 4) is 0 Å². The second kappa shape index (κ2) is 3.76. The number of nitrogens with one attached hydrogen (secondary N) is 1. The highest BCUT2D eigenvalue weighted by Gasteiger charge is 2.39. The van der Waals surface area contributed by atoms with Crippen LogP contribution in [-0.2, 0) is 4.79 Å². The van der Waals surface area contributed by atoms with E-state index < -0.39 is 0 Å². The monoisotopic (exact) mass is 193 g/mol. The summed E-state index contributed by atoms with van der Waals surface area (Å²) in [6, 6.07) is 0. The standard InChI is InChI=1S/C12H19NO/c1-8(2)7-13-12(14)11-6-9-3-4-10(11)5-9/h3-4,8-11H,5-7H2,1-2H3,(H,13,14). The lowest BCUT2D eigenvalue weighted by Gasteiger charge is -2.18. The van der Waals surface area contributed by atoms with Gasteiger partial charge in [0.15, 0.2) is 0 Å². The molecule has 0 aromatic rings. The van der Waals surface area contributed by atoms with Crippen molar-refractivity contribution in [1.82, 2.24) is 5.32 Å². The Morgan fingerprint density at radius 3 is 2.71 bits per heavy atom. The highest BCUT2D eigenvalue weighted by molar-refractivity contribution is 5.79. The summed E-state index contributed by atoms with van der Waals surface area (Å²) in [5.74, 6) is 2.31. The van der Waals surface area contributed by atoms with Crippen LogP contribution in [-0.4, -0.2) is 12.5 Å². The molecule has 2 aliphatic carbocycles. The van der Waals surface area contributed by atoms with E-state index in [1.54, 1.807) is 0 Å². The van der Waals surface area contributed by atoms with Gasteiger partial charge in [-0.15, -0.1) is 0 Å². The SMILES string of the molecule is CC(C)CNC(=O)C1CC2C=CC1C2. The first-order valence-corrected chi connectivity index (χ1v) is 5.63. The van der Waals surface area contributed by atoms with Crippen LogP contribution in [0.25, 0.3) is 0 Å². The molecule has 14 heavy (non-hydrogen) atoms. The Bertz CT molecular complexity index is 257. The van der Waals surface area contributed by atoms with E-state index in [4.69, 9.17) is 0 Å². The molecule has 0 heterocycles. The molecule has 2 nitrogen and oxygen atoms in total. The van der Waals surface area contributed by atoms with E-state index in [2.05, 4.69) is 31.3 Å². The van der Waals surface area contributed by atoms with Crippen LogP contribution in [0.1, 0.15) is 26.7 Å². The van der Waals surface area contributed by atoms with E-state index in [0.717, 1.165) is 13.0 Å². The predicted molar refractivity (Wildman–Crippen MR) is 56.7 cm³/mol. The molecule has 0 spiro atoms. The van der Waals surface area contributed by atoms with Crippen LogP contribution in [0.3, 0.4) is 0 Å². The third-order valence-corrected chi connectivity index (χ3v) is 3.30. The molecule has 0 aliphatic heterocycles. The topological polar surface area (TPSA) is 29.1 Å². The molecule has 0 aromatic carbocycles. The minimum absolute atomic E-state index is 0.267. The normalized spacial score (nSPS) is 34.1. The molecule has 1 N–H and O–H groups in total. The van der Waals surface area contributed by atoms with E-state index in [-0.39, 0.29) is 11.8 Å². The minimum Gasteiger partial charge on any atom is -0.356 e. The predicted octanol–water partition coefficient (Wildman–Crippen LogP) is 1.97. The molecule has 3 atom stereocenters. The van der Waals surface area contributed by atoms with E-state index >= 15 is 0 Å². The van der Waals surface area contributed by atoms with Gasteiger partial charge in [-0.05, 0) is 30.6 Å². The van der Waals surface area contributed by atoms with Crippen molar-refractivity contribution in [2.45, 2.75) is 26.7 Å². The number of carbonyl (C=O) groups excluding carboxylic acids is 1. The third-order valence-electron chi connectivity index (χ3n) is 3.30. The molecule has 0 saturated heterocycles. The molecule has 1 amide bonds. The number of amides is 1. The molecule has 2 bridgehead atoms. The second-order valence-corrected chi connectivity index (χ2v) is 5.03. The largest absolute Gasteiger partial charge is 0.356 e. The van der Waals surface area contributed by atoms with Crippen LogP contribution < -0.4 is 5.32 Å². The lowest BCUT2D eigenvalue weighted by atomic mass is 9.93. The average molecular weight is 193 g/mol. The first kappa shape index (κ1) is 9.75. The molecule has 2 rings (SSSR count). The molecule has 0 aromatic heterocycles. The Morgan fingerprint density at radius 2 is 2.21 bits per heavy atom. The number of carbonyl (C=O) groups is 1. The molecule has 78 valence electrons. The van der Waals surface area contributed by atoms with Gasteiger partial charge in [-0.1, -0.05) is 26.0 Å². The minimum atomic E-state index is 0.267. The van der Waals surface area contributed by atoms with Crippen LogP contribution in [0.15, 0.2) is 12.2 Å². The zero-order chi connectivity index (χ0) is 10.1. The quantitative estimate of drug-likeness (QED) is 0.682. The second-order valence-electron chi connectivity index (χ2n) is 5.03. The highest BCUT2D eigenvalue weighted by atomic mass is 16.1. The van der Waals surface area contributed by atoms with E-state index in [9.17, 15) is 4.79 Å². The molecule has 3 unspecified atom stereocenters. The van der Waals surface area contributed by atoms with Gasteiger partial charge in [0.25, 0.3) is 0 Å². The summed E-state index contributed by atoms with van der Waals surface area (Å²) in [7, 11) is 0. The third kappa shape index (κ3) is 1.84. The Kier molecular flexibility index (Phi) is 2.62. The Hall–Kier alpha value is -0.790. The van der Waals surface area contributed by atoms with Crippen molar-refractivity contribution in [3.05, 3.63) is 12.2 Å². The lowest BCUT2D eigenvalue weighted by molar-refractivity contribution is -0.125. The fraction of sp³-hybridized carbons (Fsp3) is 0.750. The van der Waals surface area contributed by atoms with Crippen molar-refractivity contribution in [2.75, 3.05) is 6.54 Å². The molecular weight excluding hydrogens is 174 g/mol. The first-order valence-electron chi connectivity index (χ1n) is 5.63. The molecule has 0 radical (unpaired) electrons. The van der Waals surface area contributed by atoms with E-state index in [1.165, 1.54) is 6.42 Å². The van der Waals surface area contributed by atoms with Crippen molar-refractivity contribution in [1.29, 1.82) is 0 Å². The Morgan fingerprint density at radius 1 is 1.43 bits per heavy atom. The number of hydrogen-bond donors (Lipinski definition) is 1. The maximum atomic E-state index is 11.8. The van der Waals surface area contributed by atoms with Gasteiger partial charge in [0, 0.05) is 12.5 Å². The zero-order valence-electron chi connectivity index (χ0n) is 8.99. The number of fused-ring (bicyclic) bond motifs is 2. The summed E-state index contributed by atoms with van der Waals surface area (Å²) in [6.07, 6.45) is 6.79. The summed E-state index contributed by atoms with van der Waals surface area (Å²) in [5.41, 5.74) is 0. The smallest absolute Gasteiger partial charge is 0.223 e. The maximum absolute atomic E-state index is 11.8. The van der Waals surface area contributed by atoms with Gasteiger partial charge >= 0.3 is 0 Å². The Balaban J connectivity index is 1.84. The molecule has 2 aliphatic rings. The summed E-state index contributed by atoms with van der Waals surface area (Å²) >= 11 is 0. The van der Waals surface area contributed by atoms with Crippen molar-refractivity contribution in [2.24, 2.45) is 23.7 Å². The van der Waals surface area contributed by atoms with Crippen LogP contribution >= 0.6 is 0 Å². The van der Waals surface area contributed by atoms with Crippen LogP contribution in [0.5, 0.6) is 0 Å². The molecule has 2 heteroatoms. The molecule has 1 saturated carbocycles. The lowest BCUT2D eigenvalue weighted by Crippen LogP contribution is -2.35. The fourth-order valence-corrected chi connectivity index (χ4v) is 2.52. The summed E-state index contributed by atoms with van der Waals surface area (Å²) < 4.78 is 0. The average Bonchev–Trinajstić information content (AvgIpc) is 2.74. The van der Waals surface area contributed by atoms with Crippen LogP contribution in [0.4, 0.5) is 0 Å². The zero-order valence-corrected chi connectivity index (χ0v) is 8.99. The summed E-state index contributed by atoms with van der Waals surface area (Å²) in [4.78, 5) is 11.8. The van der Waals surface area contributed by atoms with Gasteiger partial charge in [0.1, 0.15) is 0 Å². The first-order chi connectivity index (χ1) is 6.66. The highest BCUT2D eigenvalue weighted by Crippen LogP contribution is 2.43. The van der Waals surface area contributed by atoms with Gasteiger partial charge in [-0.2, -0.15) is 0 Å². The van der Waals surface area contributed by atoms with Gasteiger partial charge in [-0.3, -0.25) is 4.79 Å². The fourth-order valence-electron chi connectivity index (χ4n) is 2.52. The summed E-state index contributed by atoms with van der Waals surface area (Å²) in [6.45, 7) is 5.07. The van der Waals surface area contributed by atoms with E-state index in [0.29, 0.717) is 17.8 Å². The Labute approximate surface area is 85.8 Å². The van der Waals surface area contributed by atoms with Gasteiger partial charge in [-0.25, -0.2) is 0 Å². The number of hydrogen-bond acceptors (Lipinski definition) is 1. The number of allylic oxidation sites excluding steroid dienone is 2. The van der Waals surface area contributed by atoms with Crippen LogP contribution in [0, 0.1) is 23.7 Å². The van der Waals surface area contributed by atoms with Crippen molar-refractivity contribution >= 4 is 5.91 Å². The van der Waals surface area contributed by atoms with E-state index in [1.807, 2.05) is 0 Å². The van der Waals surface area contributed by atoms with Gasteiger partial charge < -0.3 is 5.32 Å². The number of rotatable bonds is 3.